The third kappa shape index (κ3) is 3.41. The molecule has 0 aliphatic carbocycles. The predicted octanol–water partition coefficient (Wildman–Crippen LogP) is 2.87. The number of carbonyl (C=O) groups is 1. The first-order valence-electron chi connectivity index (χ1n) is 5.92. The molecule has 0 aromatic heterocycles. The van der Waals surface area contributed by atoms with E-state index in [9.17, 15) is 20.1 Å². The molecule has 2 rings (SSSR count). The van der Waals surface area contributed by atoms with Crippen LogP contribution in [0.3, 0.4) is 0 Å². The highest BCUT2D eigenvalue weighted by atomic mass is 35.5. The molecule has 8 heteroatoms. The molecule has 0 aliphatic heterocycles. The first kappa shape index (κ1) is 15.9. The fourth-order valence-corrected chi connectivity index (χ4v) is 2.08. The number of hydrogen-bond acceptors (Lipinski definition) is 5. The van der Waals surface area contributed by atoms with Gasteiger partial charge in [-0.1, -0.05) is 29.3 Å². The van der Waals surface area contributed by atoms with Crippen molar-refractivity contribution in [3.63, 3.8) is 0 Å². The minimum Gasteiger partial charge on any atom is -0.504 e. The molecule has 0 saturated carbocycles. The monoisotopic (exact) mass is 340 g/mol. The quantitative estimate of drug-likeness (QED) is 0.392. The van der Waals surface area contributed by atoms with E-state index in [-0.39, 0.29) is 5.56 Å². The summed E-state index contributed by atoms with van der Waals surface area (Å²) in [5.41, 5.74) is 2.53. The zero-order valence-corrected chi connectivity index (χ0v) is 12.4. The van der Waals surface area contributed by atoms with Gasteiger partial charge in [0.1, 0.15) is 0 Å². The summed E-state index contributed by atoms with van der Waals surface area (Å²) in [6, 6.07) is 6.88. The number of hydrogen-bond donors (Lipinski definition) is 4. The van der Waals surface area contributed by atoms with E-state index in [1.165, 1.54) is 6.21 Å². The highest BCUT2D eigenvalue weighted by Gasteiger charge is 2.13. The molecule has 0 unspecified atom stereocenters. The Hall–Kier alpha value is -2.44. The van der Waals surface area contributed by atoms with Gasteiger partial charge < -0.3 is 15.3 Å². The second-order valence-corrected chi connectivity index (χ2v) is 5.01. The van der Waals surface area contributed by atoms with Crippen molar-refractivity contribution >= 4 is 35.3 Å². The largest absolute Gasteiger partial charge is 0.504 e. The third-order valence-electron chi connectivity index (χ3n) is 2.69. The molecule has 1 amide bonds. The van der Waals surface area contributed by atoms with E-state index < -0.39 is 23.2 Å². The third-order valence-corrected chi connectivity index (χ3v) is 3.35. The summed E-state index contributed by atoms with van der Waals surface area (Å²) in [5.74, 6) is -2.65. The normalized spacial score (nSPS) is 10.8. The van der Waals surface area contributed by atoms with Crippen LogP contribution in [0.1, 0.15) is 15.9 Å². The van der Waals surface area contributed by atoms with Gasteiger partial charge in [-0.15, -0.1) is 0 Å². The summed E-state index contributed by atoms with van der Waals surface area (Å²) >= 11 is 11.9. The van der Waals surface area contributed by atoms with Gasteiger partial charge in [0.25, 0.3) is 5.91 Å². The molecular formula is C14H10Cl2N2O4. The predicted molar refractivity (Wildman–Crippen MR) is 83.0 cm³/mol. The summed E-state index contributed by atoms with van der Waals surface area (Å²) in [4.78, 5) is 11.8. The maximum atomic E-state index is 11.8. The lowest BCUT2D eigenvalue weighted by atomic mass is 10.2. The van der Waals surface area contributed by atoms with Crippen LogP contribution in [0.2, 0.25) is 10.0 Å². The smallest absolute Gasteiger partial charge is 0.271 e. The van der Waals surface area contributed by atoms with Crippen molar-refractivity contribution < 1.29 is 20.1 Å². The fraction of sp³-hybridized carbons (Fsp3) is 0. The Morgan fingerprint density at radius 2 is 1.64 bits per heavy atom. The Bertz CT molecular complexity index is 719. The summed E-state index contributed by atoms with van der Waals surface area (Å²) in [5, 5.41) is 32.3. The zero-order valence-electron chi connectivity index (χ0n) is 10.9. The van der Waals surface area contributed by atoms with Crippen LogP contribution >= 0.6 is 23.2 Å². The Kier molecular flexibility index (Phi) is 4.75. The van der Waals surface area contributed by atoms with E-state index >= 15 is 0 Å². The first-order chi connectivity index (χ1) is 10.4. The number of phenols is 3. The molecule has 0 spiro atoms. The number of nitrogens with zero attached hydrogens (tertiary/aromatic N) is 1. The number of amides is 1. The number of nitrogens with one attached hydrogen (secondary N) is 1. The van der Waals surface area contributed by atoms with Gasteiger partial charge in [0.2, 0.25) is 0 Å². The van der Waals surface area contributed by atoms with E-state index in [0.717, 1.165) is 12.1 Å². The van der Waals surface area contributed by atoms with Gasteiger partial charge in [-0.05, 0) is 24.3 Å². The number of aromatic hydroxyl groups is 3. The van der Waals surface area contributed by atoms with Crippen molar-refractivity contribution in [3.05, 3.63) is 51.5 Å². The van der Waals surface area contributed by atoms with Crippen molar-refractivity contribution in [1.29, 1.82) is 0 Å². The molecule has 0 heterocycles. The SMILES string of the molecule is O=C(NN=Cc1c(Cl)cccc1Cl)c1cc(O)c(O)c(O)c1. The molecule has 114 valence electrons. The van der Waals surface area contributed by atoms with Crippen LogP contribution < -0.4 is 5.43 Å². The second kappa shape index (κ2) is 6.55. The highest BCUT2D eigenvalue weighted by Crippen LogP contribution is 2.35. The van der Waals surface area contributed by atoms with E-state index in [1.807, 2.05) is 0 Å². The highest BCUT2D eigenvalue weighted by molar-refractivity contribution is 6.38. The van der Waals surface area contributed by atoms with Crippen LogP contribution in [-0.2, 0) is 0 Å². The summed E-state index contributed by atoms with van der Waals surface area (Å²) in [6.45, 7) is 0. The van der Waals surface area contributed by atoms with Gasteiger partial charge in [-0.2, -0.15) is 5.10 Å². The van der Waals surface area contributed by atoms with Crippen LogP contribution in [0.5, 0.6) is 17.2 Å². The Morgan fingerprint density at radius 1 is 1.09 bits per heavy atom. The number of carbonyl (C=O) groups excluding carboxylic acids is 1. The van der Waals surface area contributed by atoms with Gasteiger partial charge in [0.15, 0.2) is 17.2 Å². The van der Waals surface area contributed by atoms with Gasteiger partial charge in [-0.3, -0.25) is 4.79 Å². The molecule has 0 atom stereocenters. The Morgan fingerprint density at radius 3 is 2.18 bits per heavy atom. The maximum Gasteiger partial charge on any atom is 0.271 e. The van der Waals surface area contributed by atoms with Gasteiger partial charge in [0.05, 0.1) is 16.3 Å². The lowest BCUT2D eigenvalue weighted by molar-refractivity contribution is 0.0954. The lowest BCUT2D eigenvalue weighted by Crippen LogP contribution is -2.17. The van der Waals surface area contributed by atoms with Crippen LogP contribution in [-0.4, -0.2) is 27.4 Å². The number of hydrazone groups is 1. The topological polar surface area (TPSA) is 102 Å². The summed E-state index contributed by atoms with van der Waals surface area (Å²) in [6.07, 6.45) is 1.27. The van der Waals surface area contributed by atoms with E-state index in [2.05, 4.69) is 10.5 Å². The molecule has 0 bridgehead atoms. The molecule has 22 heavy (non-hydrogen) atoms. The first-order valence-corrected chi connectivity index (χ1v) is 6.68. The Balaban J connectivity index is 2.15. The van der Waals surface area contributed by atoms with Crippen molar-refractivity contribution in [3.8, 4) is 17.2 Å². The second-order valence-electron chi connectivity index (χ2n) is 4.20. The fourth-order valence-electron chi connectivity index (χ4n) is 1.59. The number of rotatable bonds is 3. The lowest BCUT2D eigenvalue weighted by Gasteiger charge is -2.05. The molecular weight excluding hydrogens is 331 g/mol. The standard InChI is InChI=1S/C14H10Cl2N2O4/c15-9-2-1-3-10(16)8(9)6-17-18-14(22)7-4-11(19)13(21)12(20)5-7/h1-6,19-21H,(H,18,22). The summed E-state index contributed by atoms with van der Waals surface area (Å²) in [7, 11) is 0. The number of benzene rings is 2. The number of phenolic OH excluding ortho intramolecular Hbond substituents is 3. The molecule has 4 N–H and O–H groups in total. The van der Waals surface area contributed by atoms with Crippen LogP contribution in [0, 0.1) is 0 Å². The average molecular weight is 341 g/mol. The van der Waals surface area contributed by atoms with Crippen LogP contribution in [0.4, 0.5) is 0 Å². The minimum atomic E-state index is -0.706. The van der Waals surface area contributed by atoms with Gasteiger partial charge in [-0.25, -0.2) is 5.43 Å². The Labute approximate surface area is 135 Å². The van der Waals surface area contributed by atoms with E-state index in [1.54, 1.807) is 18.2 Å². The van der Waals surface area contributed by atoms with Gasteiger partial charge in [0, 0.05) is 11.1 Å². The van der Waals surface area contributed by atoms with Gasteiger partial charge >= 0.3 is 0 Å². The molecule has 0 radical (unpaired) electrons. The zero-order chi connectivity index (χ0) is 16.3. The molecule has 0 aliphatic rings. The summed E-state index contributed by atoms with van der Waals surface area (Å²) < 4.78 is 0. The molecule has 2 aromatic rings. The van der Waals surface area contributed by atoms with E-state index in [4.69, 9.17) is 23.2 Å². The number of halogens is 2. The average Bonchev–Trinajstić information content (AvgIpc) is 2.47. The van der Waals surface area contributed by atoms with Crippen molar-refractivity contribution in [2.45, 2.75) is 0 Å². The molecule has 6 nitrogen and oxygen atoms in total. The van der Waals surface area contributed by atoms with Crippen LogP contribution in [0.15, 0.2) is 35.4 Å². The molecule has 0 saturated heterocycles. The van der Waals surface area contributed by atoms with E-state index in [0.29, 0.717) is 15.6 Å². The molecule has 2 aromatic carbocycles. The maximum absolute atomic E-state index is 11.8. The van der Waals surface area contributed by atoms with Crippen molar-refractivity contribution in [1.82, 2.24) is 5.43 Å². The van der Waals surface area contributed by atoms with Crippen molar-refractivity contribution in [2.75, 3.05) is 0 Å². The van der Waals surface area contributed by atoms with Crippen LogP contribution in [0.25, 0.3) is 0 Å². The minimum absolute atomic E-state index is 0.0878. The van der Waals surface area contributed by atoms with Crippen molar-refractivity contribution in [2.24, 2.45) is 5.10 Å². The molecule has 0 fully saturated rings.